The molecule has 1 aliphatic heterocycles. The molecule has 6 nitrogen and oxygen atoms in total. The largest absolute Gasteiger partial charge is 0.387 e. The number of piperidine rings is 1. The van der Waals surface area contributed by atoms with Crippen LogP contribution in [0.1, 0.15) is 24.2 Å². The molecule has 0 radical (unpaired) electrons. The number of anilines is 1. The molecule has 26 heavy (non-hydrogen) atoms. The average molecular weight is 391 g/mol. The number of benzene rings is 1. The lowest BCUT2D eigenvalue weighted by Gasteiger charge is -2.29. The van der Waals surface area contributed by atoms with Gasteiger partial charge in [-0.3, -0.25) is 4.99 Å². The van der Waals surface area contributed by atoms with Crippen molar-refractivity contribution in [3.8, 4) is 0 Å². The Morgan fingerprint density at radius 2 is 2.27 bits per heavy atom. The van der Waals surface area contributed by atoms with Crippen LogP contribution in [0.5, 0.6) is 0 Å². The minimum atomic E-state index is 0.262. The molecule has 1 aromatic heterocycles. The first-order chi connectivity index (χ1) is 12.6. The van der Waals surface area contributed by atoms with Gasteiger partial charge in [-0.25, -0.2) is 4.98 Å². The topological polar surface area (TPSA) is 79.4 Å². The Labute approximate surface area is 163 Å². The Morgan fingerprint density at radius 3 is 2.96 bits per heavy atom. The number of nitrogens with one attached hydrogen (secondary N) is 1. The highest BCUT2D eigenvalue weighted by atomic mass is 35.5. The third kappa shape index (κ3) is 5.44. The van der Waals surface area contributed by atoms with E-state index < -0.39 is 0 Å². The Balaban J connectivity index is 1.43. The van der Waals surface area contributed by atoms with Gasteiger partial charge in [0.2, 0.25) is 5.13 Å². The molecule has 0 unspecified atom stereocenters. The molecule has 0 atom stereocenters. The molecule has 3 N–H and O–H groups in total. The fraction of sp³-hybridized carbons (Fsp3) is 0.389. The van der Waals surface area contributed by atoms with Crippen LogP contribution in [-0.2, 0) is 6.54 Å². The Kier molecular flexibility index (Phi) is 6.46. The van der Waals surface area contributed by atoms with Gasteiger partial charge in [-0.2, -0.15) is 4.37 Å². The second-order valence-electron chi connectivity index (χ2n) is 6.24. The first kappa shape index (κ1) is 18.7. The maximum atomic E-state index is 6.03. The number of hydrogen-bond acceptors (Lipinski definition) is 6. The third-order valence-electron chi connectivity index (χ3n) is 4.15. The van der Waals surface area contributed by atoms with Crippen molar-refractivity contribution in [2.45, 2.75) is 32.4 Å². The zero-order valence-corrected chi connectivity index (χ0v) is 16.3. The molecular formula is C18H23ClN6S. The van der Waals surface area contributed by atoms with Crippen molar-refractivity contribution in [3.05, 3.63) is 53.0 Å². The Morgan fingerprint density at radius 1 is 1.46 bits per heavy atom. The first-order valence-corrected chi connectivity index (χ1v) is 9.78. The number of aryl methyl sites for hydroxylation is 1. The summed E-state index contributed by atoms with van der Waals surface area (Å²) < 4.78 is 4.25. The summed E-state index contributed by atoms with van der Waals surface area (Å²) in [7, 11) is 0. The van der Waals surface area contributed by atoms with Crippen LogP contribution in [-0.4, -0.2) is 34.3 Å². The molecule has 1 aliphatic rings. The lowest BCUT2D eigenvalue weighted by atomic mass is 10.1. The summed E-state index contributed by atoms with van der Waals surface area (Å²) >= 11 is 7.43. The smallest absolute Gasteiger partial charge is 0.205 e. The van der Waals surface area contributed by atoms with Crippen LogP contribution in [0.2, 0.25) is 5.02 Å². The molecule has 1 aromatic carbocycles. The second kappa shape index (κ2) is 9.00. The number of nitrogens with zero attached hydrogens (tertiary/aromatic N) is 4. The average Bonchev–Trinajstić information content (AvgIpc) is 3.06. The molecule has 138 valence electrons. The fourth-order valence-electron chi connectivity index (χ4n) is 2.82. The zero-order valence-electron chi connectivity index (χ0n) is 14.7. The summed E-state index contributed by atoms with van der Waals surface area (Å²) in [5, 5.41) is 4.95. The van der Waals surface area contributed by atoms with Crippen LogP contribution in [0.25, 0.3) is 0 Å². The van der Waals surface area contributed by atoms with Gasteiger partial charge in [-0.1, -0.05) is 23.7 Å². The van der Waals surface area contributed by atoms with E-state index in [1.54, 1.807) is 0 Å². The molecule has 1 fully saturated rings. The van der Waals surface area contributed by atoms with Crippen molar-refractivity contribution in [2.75, 3.05) is 18.0 Å². The number of amidine groups is 1. The van der Waals surface area contributed by atoms with E-state index in [0.29, 0.717) is 12.4 Å². The molecule has 2 heterocycles. The van der Waals surface area contributed by atoms with E-state index in [1.165, 1.54) is 11.5 Å². The third-order valence-corrected chi connectivity index (χ3v) is 5.25. The molecule has 1 saturated heterocycles. The van der Waals surface area contributed by atoms with Gasteiger partial charge in [-0.05, 0) is 43.5 Å². The minimum absolute atomic E-state index is 0.262. The van der Waals surface area contributed by atoms with Crippen molar-refractivity contribution >= 4 is 34.1 Å². The molecule has 0 spiro atoms. The molecule has 2 aromatic rings. The van der Waals surface area contributed by atoms with Crippen LogP contribution < -0.4 is 16.0 Å². The van der Waals surface area contributed by atoms with Gasteiger partial charge in [0.05, 0.1) is 6.04 Å². The number of aromatic nitrogens is 2. The molecule has 3 rings (SSSR count). The number of rotatable bonds is 6. The molecule has 0 saturated carbocycles. The normalized spacial score (nSPS) is 16.4. The SMILES string of the molecule is Cc1nsc(N2CCC(N=C(N)/C=C\NCc3cccc(Cl)c3)CC2)n1. The molecular weight excluding hydrogens is 368 g/mol. The maximum Gasteiger partial charge on any atom is 0.205 e. The predicted octanol–water partition coefficient (Wildman–Crippen LogP) is 3.13. The van der Waals surface area contributed by atoms with Crippen molar-refractivity contribution in [1.82, 2.24) is 14.7 Å². The highest BCUT2D eigenvalue weighted by molar-refractivity contribution is 7.09. The lowest BCUT2D eigenvalue weighted by molar-refractivity contribution is 0.502. The van der Waals surface area contributed by atoms with Crippen LogP contribution in [0.3, 0.4) is 0 Å². The monoisotopic (exact) mass is 390 g/mol. The van der Waals surface area contributed by atoms with Gasteiger partial charge < -0.3 is 16.0 Å². The van der Waals surface area contributed by atoms with Gasteiger partial charge in [0.1, 0.15) is 11.7 Å². The summed E-state index contributed by atoms with van der Waals surface area (Å²) in [5.74, 6) is 1.39. The van der Waals surface area contributed by atoms with Gasteiger partial charge in [0.15, 0.2) is 0 Å². The molecule has 0 aliphatic carbocycles. The van der Waals surface area contributed by atoms with Crippen LogP contribution in [0.4, 0.5) is 5.13 Å². The zero-order chi connectivity index (χ0) is 18.4. The van der Waals surface area contributed by atoms with Crippen molar-refractivity contribution in [1.29, 1.82) is 0 Å². The summed E-state index contributed by atoms with van der Waals surface area (Å²) in [6, 6.07) is 8.03. The van der Waals surface area contributed by atoms with Crippen molar-refractivity contribution in [3.63, 3.8) is 0 Å². The van der Waals surface area contributed by atoms with Crippen LogP contribution in [0, 0.1) is 6.92 Å². The summed E-state index contributed by atoms with van der Waals surface area (Å²) in [6.07, 6.45) is 5.59. The van der Waals surface area contributed by atoms with E-state index in [2.05, 4.69) is 24.6 Å². The quantitative estimate of drug-likeness (QED) is 0.585. The van der Waals surface area contributed by atoms with Crippen molar-refractivity contribution < 1.29 is 0 Å². The number of nitrogens with two attached hydrogens (primary N) is 1. The van der Waals surface area contributed by atoms with Gasteiger partial charge in [0.25, 0.3) is 0 Å². The molecule has 8 heteroatoms. The molecule has 0 amide bonds. The standard InChI is InChI=1S/C18H23ClN6S/c1-13-22-18(26-24-13)25-9-6-16(7-10-25)23-17(20)5-8-21-12-14-3-2-4-15(19)11-14/h2-5,8,11,16,21H,6-7,9-10,12H2,1H3,(H2,20,23)/b8-5-. The summed E-state index contributed by atoms with van der Waals surface area (Å²) in [5.41, 5.74) is 7.15. The second-order valence-corrected chi connectivity index (χ2v) is 7.41. The predicted molar refractivity (Wildman–Crippen MR) is 109 cm³/mol. The van der Waals surface area contributed by atoms with E-state index in [9.17, 15) is 0 Å². The van der Waals surface area contributed by atoms with Gasteiger partial charge in [-0.15, -0.1) is 0 Å². The number of halogens is 1. The van der Waals surface area contributed by atoms with Gasteiger partial charge in [0, 0.05) is 42.4 Å². The van der Waals surface area contributed by atoms with E-state index in [1.807, 2.05) is 43.5 Å². The first-order valence-electron chi connectivity index (χ1n) is 8.63. The van der Waals surface area contributed by atoms with E-state index >= 15 is 0 Å². The van der Waals surface area contributed by atoms with E-state index in [4.69, 9.17) is 17.3 Å². The number of hydrogen-bond donors (Lipinski definition) is 2. The Hall–Kier alpha value is -2.12. The van der Waals surface area contributed by atoms with Gasteiger partial charge >= 0.3 is 0 Å². The Bertz CT molecular complexity index is 779. The van der Waals surface area contributed by atoms with Crippen molar-refractivity contribution in [2.24, 2.45) is 10.7 Å². The number of aliphatic imine (C=N–C) groups is 1. The lowest BCUT2D eigenvalue weighted by Crippen LogP contribution is -2.36. The summed E-state index contributed by atoms with van der Waals surface area (Å²) in [4.78, 5) is 11.3. The maximum absolute atomic E-state index is 6.03. The molecule has 0 bridgehead atoms. The minimum Gasteiger partial charge on any atom is -0.387 e. The van der Waals surface area contributed by atoms with Crippen LogP contribution in [0.15, 0.2) is 41.5 Å². The fourth-order valence-corrected chi connectivity index (χ4v) is 3.76. The highest BCUT2D eigenvalue weighted by Gasteiger charge is 2.21. The highest BCUT2D eigenvalue weighted by Crippen LogP contribution is 2.22. The summed E-state index contributed by atoms with van der Waals surface area (Å²) in [6.45, 7) is 4.49. The van der Waals surface area contributed by atoms with Crippen LogP contribution >= 0.6 is 23.1 Å². The van der Waals surface area contributed by atoms with E-state index in [-0.39, 0.29) is 6.04 Å². The van der Waals surface area contributed by atoms with E-state index in [0.717, 1.165) is 47.5 Å².